The Morgan fingerprint density at radius 2 is 1.88 bits per heavy atom. The van der Waals surface area contributed by atoms with Crippen LogP contribution < -0.4 is 10.1 Å². The topological polar surface area (TPSA) is 60.3 Å². The van der Waals surface area contributed by atoms with Crippen LogP contribution in [0.3, 0.4) is 0 Å². The zero-order valence-corrected chi connectivity index (χ0v) is 18.2. The van der Waals surface area contributed by atoms with E-state index in [9.17, 15) is 9.59 Å². The van der Waals surface area contributed by atoms with Crippen molar-refractivity contribution in [3.05, 3.63) is 83.6 Å². The van der Waals surface area contributed by atoms with Crippen molar-refractivity contribution >= 4 is 56.6 Å². The van der Waals surface area contributed by atoms with Crippen molar-refractivity contribution in [3.63, 3.8) is 0 Å². The van der Waals surface area contributed by atoms with E-state index in [1.807, 2.05) is 36.5 Å². The van der Waals surface area contributed by atoms with Gasteiger partial charge in [0.25, 0.3) is 5.91 Å². The Morgan fingerprint density at radius 3 is 2.69 bits per heavy atom. The van der Waals surface area contributed by atoms with Crippen LogP contribution in [0.4, 0.5) is 0 Å². The number of methoxy groups -OCH3 is 1. The summed E-state index contributed by atoms with van der Waals surface area (Å²) >= 11 is 5.00. The summed E-state index contributed by atoms with van der Waals surface area (Å²) in [7, 11) is 1.62. The van der Waals surface area contributed by atoms with E-state index in [1.54, 1.807) is 13.2 Å². The third-order valence-corrected chi connectivity index (χ3v) is 6.01. The number of fused-ring (bicyclic) bond motifs is 2. The van der Waals surface area contributed by atoms with Gasteiger partial charge in [-0.25, -0.2) is 0 Å². The average molecular weight is 441 g/mol. The van der Waals surface area contributed by atoms with E-state index < -0.39 is 5.91 Å². The van der Waals surface area contributed by atoms with Gasteiger partial charge >= 0.3 is 0 Å². The van der Waals surface area contributed by atoms with Crippen LogP contribution in [0.25, 0.3) is 27.8 Å². The number of carbonyl (C=O) groups excluding carboxylic acids is 2. The van der Waals surface area contributed by atoms with Gasteiger partial charge in [0.2, 0.25) is 0 Å². The van der Waals surface area contributed by atoms with Gasteiger partial charge in [-0.2, -0.15) is 0 Å². The van der Waals surface area contributed by atoms with Gasteiger partial charge in [0, 0.05) is 29.2 Å². The molecule has 6 heteroatoms. The lowest BCUT2D eigenvalue weighted by Gasteiger charge is -2.14. The van der Waals surface area contributed by atoms with Gasteiger partial charge in [-0.05, 0) is 40.6 Å². The number of hydrogen-bond donors (Lipinski definition) is 1. The molecule has 1 aliphatic heterocycles. The Morgan fingerprint density at radius 1 is 1.06 bits per heavy atom. The van der Waals surface area contributed by atoms with Crippen molar-refractivity contribution in [3.8, 4) is 5.75 Å². The monoisotopic (exact) mass is 440 g/mol. The predicted octanol–water partition coefficient (Wildman–Crippen LogP) is 4.65. The number of thiocarbonyl (C=S) groups is 1. The van der Waals surface area contributed by atoms with Gasteiger partial charge in [0.05, 0.1) is 24.1 Å². The quantitative estimate of drug-likeness (QED) is 0.285. The molecule has 0 bridgehead atoms. The second kappa shape index (κ2) is 8.05. The molecule has 4 aromatic rings. The van der Waals surface area contributed by atoms with E-state index in [1.165, 1.54) is 16.3 Å². The van der Waals surface area contributed by atoms with Gasteiger partial charge in [-0.1, -0.05) is 54.7 Å². The molecule has 1 N–H and O–H groups in total. The molecule has 32 heavy (non-hydrogen) atoms. The lowest BCUT2D eigenvalue weighted by molar-refractivity contribution is -0.122. The number of aromatic nitrogens is 1. The van der Waals surface area contributed by atoms with E-state index in [2.05, 4.69) is 40.2 Å². The van der Waals surface area contributed by atoms with Crippen molar-refractivity contribution < 1.29 is 14.3 Å². The molecule has 0 spiro atoms. The van der Waals surface area contributed by atoms with Crippen LogP contribution in [0.5, 0.6) is 5.75 Å². The first kappa shape index (κ1) is 20.2. The Hall–Kier alpha value is -3.77. The maximum Gasteiger partial charge on any atom is 0.259 e. The van der Waals surface area contributed by atoms with Crippen LogP contribution in [-0.2, 0) is 16.1 Å². The molecule has 1 aliphatic rings. The fraction of sp³-hybridized carbons (Fsp3) is 0.115. The van der Waals surface area contributed by atoms with Crippen LogP contribution in [0.2, 0.25) is 0 Å². The molecule has 5 nitrogen and oxygen atoms in total. The molecule has 158 valence electrons. The van der Waals surface area contributed by atoms with Gasteiger partial charge in [-0.15, -0.1) is 0 Å². The van der Waals surface area contributed by atoms with Crippen molar-refractivity contribution in [2.75, 3.05) is 7.11 Å². The lowest BCUT2D eigenvalue weighted by atomic mass is 10.0. The van der Waals surface area contributed by atoms with E-state index >= 15 is 0 Å². The van der Waals surface area contributed by atoms with E-state index in [0.29, 0.717) is 12.3 Å². The highest BCUT2D eigenvalue weighted by Gasteiger charge is 2.26. The Labute approximate surface area is 190 Å². The van der Waals surface area contributed by atoms with Crippen molar-refractivity contribution in [2.24, 2.45) is 0 Å². The molecule has 0 radical (unpaired) electrons. The molecule has 0 atom stereocenters. The zero-order chi connectivity index (χ0) is 22.2. The van der Waals surface area contributed by atoms with Crippen LogP contribution in [0, 0.1) is 0 Å². The highest BCUT2D eigenvalue weighted by atomic mass is 32.1. The summed E-state index contributed by atoms with van der Waals surface area (Å²) in [6.07, 6.45) is 3.68. The third kappa shape index (κ3) is 3.59. The first-order valence-corrected chi connectivity index (χ1v) is 10.7. The molecule has 1 amide bonds. The summed E-state index contributed by atoms with van der Waals surface area (Å²) in [6, 6.07) is 20.4. The molecule has 1 aromatic heterocycles. The van der Waals surface area contributed by atoms with Crippen LogP contribution in [-0.4, -0.2) is 28.4 Å². The molecule has 1 fully saturated rings. The van der Waals surface area contributed by atoms with Crippen molar-refractivity contribution in [2.45, 2.75) is 13.0 Å². The lowest BCUT2D eigenvalue weighted by Crippen LogP contribution is -2.39. The van der Waals surface area contributed by atoms with Crippen LogP contribution >= 0.6 is 12.2 Å². The number of ketones is 1. The Bertz CT molecular complexity index is 1420. The van der Waals surface area contributed by atoms with Gasteiger partial charge in [0.1, 0.15) is 5.75 Å². The predicted molar refractivity (Wildman–Crippen MR) is 130 cm³/mol. The maximum absolute atomic E-state index is 12.5. The number of amides is 1. The maximum atomic E-state index is 12.5. The number of benzene rings is 3. The standard InChI is InChI=1S/C26H20N2O3S/c1-31-19-9-10-23-21(12-19)18(11-22-24(29)13-25(32)27-26(22)30)15-28(23)14-17-7-4-6-16-5-2-3-8-20(16)17/h2-12,15H,13-14H2,1H3,(H,27,30,32)/b22-11-. The second-order valence-electron chi connectivity index (χ2n) is 7.77. The van der Waals surface area contributed by atoms with Crippen molar-refractivity contribution in [1.29, 1.82) is 0 Å². The Kier molecular flexibility index (Phi) is 5.07. The van der Waals surface area contributed by atoms with Gasteiger partial charge < -0.3 is 14.6 Å². The molecule has 0 unspecified atom stereocenters. The fourth-order valence-electron chi connectivity index (χ4n) is 4.20. The summed E-state index contributed by atoms with van der Waals surface area (Å²) in [4.78, 5) is 25.1. The normalized spacial score (nSPS) is 15.5. The van der Waals surface area contributed by atoms with Crippen LogP contribution in [0.15, 0.2) is 72.4 Å². The number of nitrogens with one attached hydrogen (secondary N) is 1. The number of piperidine rings is 1. The summed E-state index contributed by atoms with van der Waals surface area (Å²) in [5.74, 6) is -0.0126. The number of nitrogens with zero attached hydrogens (tertiary/aromatic N) is 1. The largest absolute Gasteiger partial charge is 0.497 e. The van der Waals surface area contributed by atoms with Gasteiger partial charge in [0.15, 0.2) is 5.78 Å². The average Bonchev–Trinajstić information content (AvgIpc) is 3.12. The minimum absolute atomic E-state index is 0.0465. The molecule has 1 saturated heterocycles. The second-order valence-corrected chi connectivity index (χ2v) is 8.26. The third-order valence-electron chi connectivity index (χ3n) is 5.76. The number of rotatable bonds is 4. The smallest absolute Gasteiger partial charge is 0.259 e. The molecule has 0 aliphatic carbocycles. The summed E-state index contributed by atoms with van der Waals surface area (Å²) in [5.41, 5.74) is 3.08. The van der Waals surface area contributed by atoms with Gasteiger partial charge in [-0.3, -0.25) is 9.59 Å². The van der Waals surface area contributed by atoms with E-state index in [4.69, 9.17) is 17.0 Å². The number of hydrogen-bond acceptors (Lipinski definition) is 4. The number of carbonyl (C=O) groups is 2. The SMILES string of the molecule is COc1ccc2c(c1)c(/C=C1/C(=O)CC(=S)NC1=O)cn2Cc1cccc2ccccc12. The minimum Gasteiger partial charge on any atom is -0.497 e. The fourth-order valence-corrected chi connectivity index (χ4v) is 4.42. The molecular weight excluding hydrogens is 420 g/mol. The van der Waals surface area contributed by atoms with Crippen molar-refractivity contribution in [1.82, 2.24) is 9.88 Å². The minimum atomic E-state index is -0.455. The highest BCUT2D eigenvalue weighted by Crippen LogP contribution is 2.30. The summed E-state index contributed by atoms with van der Waals surface area (Å²) < 4.78 is 7.55. The van der Waals surface area contributed by atoms with E-state index in [0.717, 1.165) is 16.5 Å². The molecular formula is C26H20N2O3S. The molecule has 3 aromatic carbocycles. The zero-order valence-electron chi connectivity index (χ0n) is 17.4. The van der Waals surface area contributed by atoms with Crippen LogP contribution in [0.1, 0.15) is 17.5 Å². The first-order valence-electron chi connectivity index (χ1n) is 10.3. The molecule has 5 rings (SSSR count). The summed E-state index contributed by atoms with van der Waals surface area (Å²) in [6.45, 7) is 0.650. The van der Waals surface area contributed by atoms with E-state index in [-0.39, 0.29) is 22.8 Å². The highest BCUT2D eigenvalue weighted by molar-refractivity contribution is 7.80. The number of Topliss-reactive ketones (excluding diaryl/α,β-unsaturated/α-hetero) is 1. The molecule has 2 heterocycles. The summed E-state index contributed by atoms with van der Waals surface area (Å²) in [5, 5.41) is 5.88. The molecule has 0 saturated carbocycles. The number of ether oxygens (including phenoxy) is 1. The Balaban J connectivity index is 1.65. The first-order chi connectivity index (χ1) is 15.5.